The van der Waals surface area contributed by atoms with Gasteiger partial charge in [-0.05, 0) is 50.8 Å². The first-order valence-electron chi connectivity index (χ1n) is 9.29. The van der Waals surface area contributed by atoms with Gasteiger partial charge in [0.05, 0.1) is 23.5 Å². The molecule has 0 saturated carbocycles. The summed E-state index contributed by atoms with van der Waals surface area (Å²) in [5.74, 6) is 0.543. The van der Waals surface area contributed by atoms with Crippen LogP contribution in [0.2, 0.25) is 0 Å². The fraction of sp³-hybridized carbons (Fsp3) is 0.450. The quantitative estimate of drug-likeness (QED) is 0.807. The number of nitrogens with zero attached hydrogens (tertiary/aromatic N) is 2. The maximum Gasteiger partial charge on any atom is 0.267 e. The van der Waals surface area contributed by atoms with Crippen LogP contribution in [-0.2, 0) is 11.2 Å². The molecule has 1 N–H and O–H groups in total. The first-order chi connectivity index (χ1) is 13.0. The van der Waals surface area contributed by atoms with Gasteiger partial charge in [-0.15, -0.1) is 11.3 Å². The molecular formula is C20H25N3O3S. The molecule has 0 bridgehead atoms. The van der Waals surface area contributed by atoms with E-state index in [1.807, 2.05) is 13.0 Å². The van der Waals surface area contributed by atoms with Crippen molar-refractivity contribution >= 4 is 34.5 Å². The van der Waals surface area contributed by atoms with E-state index in [4.69, 9.17) is 4.74 Å². The molecule has 1 aliphatic heterocycles. The number of aryl methyl sites for hydroxylation is 2. The van der Waals surface area contributed by atoms with Gasteiger partial charge in [-0.1, -0.05) is 6.92 Å². The highest BCUT2D eigenvalue weighted by molar-refractivity contribution is 7.13. The van der Waals surface area contributed by atoms with Crippen molar-refractivity contribution in [2.45, 2.75) is 46.0 Å². The number of benzene rings is 1. The Morgan fingerprint density at radius 2 is 2.19 bits per heavy atom. The van der Waals surface area contributed by atoms with Crippen molar-refractivity contribution in [3.8, 4) is 5.75 Å². The molecule has 1 aromatic heterocycles. The number of piperidine rings is 1. The summed E-state index contributed by atoms with van der Waals surface area (Å²) in [4.78, 5) is 31.9. The van der Waals surface area contributed by atoms with Crippen LogP contribution in [0.4, 0.5) is 11.4 Å². The number of thiazole rings is 1. The smallest absolute Gasteiger partial charge is 0.267 e. The van der Waals surface area contributed by atoms with Crippen molar-refractivity contribution in [2.75, 3.05) is 23.9 Å². The molecule has 1 fully saturated rings. The molecule has 1 aromatic carbocycles. The maximum absolute atomic E-state index is 12.7. The van der Waals surface area contributed by atoms with Crippen LogP contribution in [-0.4, -0.2) is 30.5 Å². The van der Waals surface area contributed by atoms with Gasteiger partial charge in [0.25, 0.3) is 5.91 Å². The van der Waals surface area contributed by atoms with Crippen molar-refractivity contribution < 1.29 is 14.3 Å². The minimum absolute atomic E-state index is 0.0885. The van der Waals surface area contributed by atoms with Gasteiger partial charge in [-0.2, -0.15) is 0 Å². The Balaban J connectivity index is 1.83. The minimum atomic E-state index is -0.173. The van der Waals surface area contributed by atoms with Crippen LogP contribution in [0, 0.1) is 6.92 Å². The number of hydrogen-bond acceptors (Lipinski definition) is 5. The lowest BCUT2D eigenvalue weighted by Crippen LogP contribution is -2.35. The third-order valence-corrected chi connectivity index (χ3v) is 5.78. The monoisotopic (exact) mass is 387 g/mol. The molecule has 1 saturated heterocycles. The van der Waals surface area contributed by atoms with Crippen LogP contribution < -0.4 is 15.0 Å². The molecule has 6 nitrogen and oxygen atoms in total. The van der Waals surface area contributed by atoms with E-state index in [1.165, 1.54) is 11.3 Å². The van der Waals surface area contributed by atoms with Crippen LogP contribution >= 0.6 is 11.3 Å². The van der Waals surface area contributed by atoms with Crippen molar-refractivity contribution in [3.63, 3.8) is 0 Å². The summed E-state index contributed by atoms with van der Waals surface area (Å²) in [5, 5.41) is 3.92. The average Bonchev–Trinajstić information content (AvgIpc) is 3.03. The Hall–Kier alpha value is -2.41. The molecule has 2 amide bonds. The minimum Gasteiger partial charge on any atom is -0.495 e. The topological polar surface area (TPSA) is 71.5 Å². The van der Waals surface area contributed by atoms with Crippen LogP contribution in [0.15, 0.2) is 18.2 Å². The third kappa shape index (κ3) is 4.30. The molecule has 27 heavy (non-hydrogen) atoms. The number of carbonyl (C=O) groups excluding carboxylic acids is 2. The number of methoxy groups -OCH3 is 1. The van der Waals surface area contributed by atoms with Gasteiger partial charge >= 0.3 is 0 Å². The summed E-state index contributed by atoms with van der Waals surface area (Å²) in [6.45, 7) is 4.62. The van der Waals surface area contributed by atoms with Gasteiger partial charge in [-0.3, -0.25) is 9.59 Å². The lowest BCUT2D eigenvalue weighted by Gasteiger charge is -2.28. The molecule has 0 radical (unpaired) electrons. The molecule has 7 heteroatoms. The van der Waals surface area contributed by atoms with Crippen molar-refractivity contribution in [1.82, 2.24) is 4.98 Å². The Kier molecular flexibility index (Phi) is 6.11. The molecule has 0 unspecified atom stereocenters. The summed E-state index contributed by atoms with van der Waals surface area (Å²) in [6, 6.07) is 5.39. The van der Waals surface area contributed by atoms with E-state index in [1.54, 1.807) is 24.1 Å². The standard InChI is InChI=1S/C20H25N3O3S/c1-4-7-17-21-13(2)19(27-17)20(25)22-14-9-10-16(26-3)15(12-14)23-11-6-5-8-18(23)24/h9-10,12H,4-8,11H2,1-3H3,(H,22,25). The summed E-state index contributed by atoms with van der Waals surface area (Å²) in [7, 11) is 1.58. The first kappa shape index (κ1) is 19.4. The van der Waals surface area contributed by atoms with E-state index in [0.29, 0.717) is 35.0 Å². The fourth-order valence-electron chi connectivity index (χ4n) is 3.21. The number of ether oxygens (including phenoxy) is 1. The van der Waals surface area contributed by atoms with Crippen molar-refractivity contribution in [1.29, 1.82) is 0 Å². The Labute approximate surface area is 163 Å². The zero-order valence-corrected chi connectivity index (χ0v) is 16.8. The first-order valence-corrected chi connectivity index (χ1v) is 10.1. The zero-order valence-electron chi connectivity index (χ0n) is 16.0. The number of rotatable bonds is 6. The van der Waals surface area contributed by atoms with E-state index in [-0.39, 0.29) is 11.8 Å². The molecule has 1 aliphatic rings. The Morgan fingerprint density at radius 1 is 1.37 bits per heavy atom. The lowest BCUT2D eigenvalue weighted by atomic mass is 10.1. The van der Waals surface area contributed by atoms with Crippen molar-refractivity contribution in [2.24, 2.45) is 0 Å². The number of nitrogens with one attached hydrogen (secondary N) is 1. The largest absolute Gasteiger partial charge is 0.495 e. The van der Waals surface area contributed by atoms with Gasteiger partial charge in [0.15, 0.2) is 0 Å². The molecule has 2 aromatic rings. The summed E-state index contributed by atoms with van der Waals surface area (Å²) in [6.07, 6.45) is 4.30. The molecule has 144 valence electrons. The van der Waals surface area contributed by atoms with Crippen LogP contribution in [0.25, 0.3) is 0 Å². The normalized spacial score (nSPS) is 14.3. The second-order valence-electron chi connectivity index (χ2n) is 6.62. The van der Waals surface area contributed by atoms with Gasteiger partial charge in [0.2, 0.25) is 5.91 Å². The second kappa shape index (κ2) is 8.52. The number of carbonyl (C=O) groups is 2. The van der Waals surface area contributed by atoms with E-state index in [2.05, 4.69) is 17.2 Å². The molecule has 2 heterocycles. The van der Waals surface area contributed by atoms with Crippen LogP contribution in [0.3, 0.4) is 0 Å². The average molecular weight is 388 g/mol. The van der Waals surface area contributed by atoms with Crippen LogP contribution in [0.5, 0.6) is 5.75 Å². The highest BCUT2D eigenvalue weighted by Gasteiger charge is 2.23. The highest BCUT2D eigenvalue weighted by atomic mass is 32.1. The van der Waals surface area contributed by atoms with Crippen molar-refractivity contribution in [3.05, 3.63) is 33.8 Å². The predicted molar refractivity (Wildman–Crippen MR) is 108 cm³/mol. The Morgan fingerprint density at radius 3 is 2.89 bits per heavy atom. The van der Waals surface area contributed by atoms with Crippen LogP contribution in [0.1, 0.15) is 53.0 Å². The predicted octanol–water partition coefficient (Wildman–Crippen LogP) is 4.18. The number of hydrogen-bond donors (Lipinski definition) is 1. The van der Waals surface area contributed by atoms with E-state index in [0.717, 1.165) is 36.4 Å². The molecule has 0 aliphatic carbocycles. The SMILES string of the molecule is CCCc1nc(C)c(C(=O)Nc2ccc(OC)c(N3CCCCC3=O)c2)s1. The summed E-state index contributed by atoms with van der Waals surface area (Å²) in [5.41, 5.74) is 2.09. The molecular weight excluding hydrogens is 362 g/mol. The lowest BCUT2D eigenvalue weighted by molar-refractivity contribution is -0.119. The summed E-state index contributed by atoms with van der Waals surface area (Å²) >= 11 is 1.44. The Bertz CT molecular complexity index is 847. The van der Waals surface area contributed by atoms with Gasteiger partial charge in [-0.25, -0.2) is 4.98 Å². The molecule has 0 spiro atoms. The van der Waals surface area contributed by atoms with E-state index in [9.17, 15) is 9.59 Å². The highest BCUT2D eigenvalue weighted by Crippen LogP contribution is 2.34. The molecule has 3 rings (SSSR count). The molecule has 0 atom stereocenters. The zero-order chi connectivity index (χ0) is 19.4. The summed E-state index contributed by atoms with van der Waals surface area (Å²) < 4.78 is 5.43. The van der Waals surface area contributed by atoms with Gasteiger partial charge in [0, 0.05) is 18.7 Å². The third-order valence-electron chi connectivity index (χ3n) is 4.56. The van der Waals surface area contributed by atoms with Gasteiger partial charge < -0.3 is 15.0 Å². The maximum atomic E-state index is 12.7. The number of aromatic nitrogens is 1. The second-order valence-corrected chi connectivity index (χ2v) is 7.70. The van der Waals surface area contributed by atoms with E-state index >= 15 is 0 Å². The number of anilines is 2. The number of amides is 2. The fourth-order valence-corrected chi connectivity index (χ4v) is 4.27. The van der Waals surface area contributed by atoms with E-state index < -0.39 is 0 Å². The van der Waals surface area contributed by atoms with Gasteiger partial charge in [0.1, 0.15) is 10.6 Å².